The van der Waals surface area contributed by atoms with Crippen LogP contribution in [0.2, 0.25) is 0 Å². The van der Waals surface area contributed by atoms with Crippen LogP contribution in [0.3, 0.4) is 0 Å². The van der Waals surface area contributed by atoms with Gasteiger partial charge in [-0.1, -0.05) is 20.8 Å². The van der Waals surface area contributed by atoms with E-state index in [0.717, 1.165) is 34.8 Å². The average Bonchev–Trinajstić information content (AvgIpc) is 3.05. The van der Waals surface area contributed by atoms with E-state index in [1.807, 2.05) is 39.4 Å². The number of rotatable bonds is 2. The Bertz CT molecular complexity index is 943. The number of piperidine rings is 1. The summed E-state index contributed by atoms with van der Waals surface area (Å²) in [5.41, 5.74) is 3.10. The maximum absolute atomic E-state index is 13.3. The molecule has 0 bridgehead atoms. The first-order valence-electron chi connectivity index (χ1n) is 9.78. The van der Waals surface area contributed by atoms with Crippen molar-refractivity contribution >= 4 is 12.0 Å². The van der Waals surface area contributed by atoms with E-state index in [1.165, 1.54) is 5.56 Å². The van der Waals surface area contributed by atoms with Crippen LogP contribution in [0.5, 0.6) is 0 Å². The van der Waals surface area contributed by atoms with Crippen molar-refractivity contribution < 1.29 is 14.7 Å². The topological polar surface area (TPSA) is 88.3 Å². The van der Waals surface area contributed by atoms with Gasteiger partial charge in [-0.05, 0) is 42.7 Å². The van der Waals surface area contributed by atoms with Crippen LogP contribution >= 0.6 is 0 Å². The molecule has 1 saturated heterocycles. The van der Waals surface area contributed by atoms with E-state index in [0.29, 0.717) is 19.3 Å². The molecule has 4 heterocycles. The summed E-state index contributed by atoms with van der Waals surface area (Å²) in [6, 6.07) is 2.03. The van der Waals surface area contributed by atoms with E-state index in [9.17, 15) is 14.7 Å². The average molecular weight is 382 g/mol. The molecule has 7 heteroatoms. The lowest BCUT2D eigenvalue weighted by atomic mass is 9.59. The molecule has 2 aliphatic rings. The van der Waals surface area contributed by atoms with Crippen LogP contribution < -0.4 is 0 Å². The number of imide groups is 1. The minimum absolute atomic E-state index is 0.270. The van der Waals surface area contributed by atoms with Gasteiger partial charge in [-0.2, -0.15) is 0 Å². The van der Waals surface area contributed by atoms with Crippen molar-refractivity contribution in [2.45, 2.75) is 52.9 Å². The highest BCUT2D eigenvalue weighted by atomic mass is 16.4. The Morgan fingerprint density at radius 2 is 2.11 bits per heavy atom. The van der Waals surface area contributed by atoms with E-state index >= 15 is 0 Å². The smallest absolute Gasteiger partial charge is 0.414 e. The van der Waals surface area contributed by atoms with Crippen molar-refractivity contribution in [1.29, 1.82) is 0 Å². The summed E-state index contributed by atoms with van der Waals surface area (Å²) in [5.74, 6) is -0.293. The number of fused-ring (bicyclic) bond motifs is 3. The molecule has 0 spiro atoms. The molecule has 1 unspecified atom stereocenters. The van der Waals surface area contributed by atoms with Crippen LogP contribution in [0.1, 0.15) is 50.6 Å². The predicted molar refractivity (Wildman–Crippen MR) is 103 cm³/mol. The van der Waals surface area contributed by atoms with Crippen molar-refractivity contribution in [1.82, 2.24) is 19.4 Å². The molecular formula is C21H26N4O3. The summed E-state index contributed by atoms with van der Waals surface area (Å²) in [7, 11) is 0. The van der Waals surface area contributed by atoms with Gasteiger partial charge in [0.2, 0.25) is 5.91 Å². The van der Waals surface area contributed by atoms with Gasteiger partial charge in [0.25, 0.3) is 0 Å². The van der Waals surface area contributed by atoms with Gasteiger partial charge >= 0.3 is 6.09 Å². The van der Waals surface area contributed by atoms with Crippen molar-refractivity contribution in [2.75, 3.05) is 6.54 Å². The van der Waals surface area contributed by atoms with Crippen LogP contribution in [0.15, 0.2) is 24.8 Å². The molecular weight excluding hydrogens is 356 g/mol. The Morgan fingerprint density at radius 1 is 1.32 bits per heavy atom. The maximum atomic E-state index is 13.3. The number of hydrogen-bond donors (Lipinski definition) is 1. The van der Waals surface area contributed by atoms with Gasteiger partial charge in [-0.15, -0.1) is 0 Å². The van der Waals surface area contributed by atoms with Crippen LogP contribution in [-0.4, -0.2) is 43.1 Å². The van der Waals surface area contributed by atoms with E-state index < -0.39 is 11.5 Å². The lowest BCUT2D eigenvalue weighted by molar-refractivity contribution is -0.152. The number of carbonyl (C=O) groups excluding carboxylic acids is 1. The van der Waals surface area contributed by atoms with Gasteiger partial charge in [0, 0.05) is 24.9 Å². The molecule has 0 aliphatic carbocycles. The van der Waals surface area contributed by atoms with E-state index in [2.05, 4.69) is 14.5 Å². The molecule has 1 N–H and O–H groups in total. The number of amides is 2. The zero-order valence-electron chi connectivity index (χ0n) is 16.6. The Hall–Kier alpha value is -2.70. The second kappa shape index (κ2) is 6.43. The summed E-state index contributed by atoms with van der Waals surface area (Å²) >= 11 is 0. The monoisotopic (exact) mass is 382 g/mol. The minimum atomic E-state index is -1.16. The summed E-state index contributed by atoms with van der Waals surface area (Å²) in [6.07, 6.45) is 7.86. The third kappa shape index (κ3) is 2.72. The van der Waals surface area contributed by atoms with Crippen molar-refractivity contribution in [3.8, 4) is 5.69 Å². The number of aryl methyl sites for hydroxylation is 1. The van der Waals surface area contributed by atoms with Gasteiger partial charge in [0.05, 0.1) is 29.3 Å². The quantitative estimate of drug-likeness (QED) is 0.861. The molecule has 1 atom stereocenters. The first-order valence-corrected chi connectivity index (χ1v) is 9.78. The number of imidazole rings is 1. The largest absolute Gasteiger partial charge is 0.465 e. The highest BCUT2D eigenvalue weighted by Gasteiger charge is 2.53. The van der Waals surface area contributed by atoms with Crippen LogP contribution in [-0.2, 0) is 24.1 Å². The number of likely N-dealkylation sites (tertiary alicyclic amines) is 1. The molecule has 148 valence electrons. The standard InChI is InChI=1S/C21H26N4O3/c1-20(2,3)21(8-4-10-24(18(21)26)19(27)28)11-15-16-6-5-14-7-9-22-12-17(14)25(16)13-23-15/h7,9,12-13H,4-6,8,10-11H2,1-3H3,(H,27,28). The van der Waals surface area contributed by atoms with Crippen molar-refractivity contribution in [2.24, 2.45) is 10.8 Å². The summed E-state index contributed by atoms with van der Waals surface area (Å²) in [5, 5.41) is 9.51. The Labute approximate surface area is 164 Å². The highest BCUT2D eigenvalue weighted by molar-refractivity contribution is 5.96. The number of pyridine rings is 1. The second-order valence-corrected chi connectivity index (χ2v) is 8.86. The molecule has 4 rings (SSSR count). The van der Waals surface area contributed by atoms with E-state index in [4.69, 9.17) is 0 Å². The second-order valence-electron chi connectivity index (χ2n) is 8.86. The Balaban J connectivity index is 1.76. The van der Waals surface area contributed by atoms with Crippen LogP contribution in [0.25, 0.3) is 5.69 Å². The molecule has 28 heavy (non-hydrogen) atoms. The number of carbonyl (C=O) groups is 2. The SMILES string of the molecule is CC(C)(C)C1(Cc2ncn3c2CCc2ccncc2-3)CCCN(C(=O)O)C1=O. The fourth-order valence-corrected chi connectivity index (χ4v) is 4.73. The summed E-state index contributed by atoms with van der Waals surface area (Å²) in [4.78, 5) is 34.9. The van der Waals surface area contributed by atoms with Crippen LogP contribution in [0.4, 0.5) is 4.79 Å². The third-order valence-electron chi connectivity index (χ3n) is 6.51. The fraction of sp³-hybridized carbons (Fsp3) is 0.524. The molecule has 2 aliphatic heterocycles. The van der Waals surface area contributed by atoms with Crippen LogP contribution in [0, 0.1) is 10.8 Å². The lowest BCUT2D eigenvalue weighted by Gasteiger charge is -2.48. The molecule has 0 saturated carbocycles. The molecule has 0 radical (unpaired) electrons. The number of aromatic nitrogens is 3. The molecule has 1 fully saturated rings. The van der Waals surface area contributed by atoms with Gasteiger partial charge < -0.3 is 9.67 Å². The molecule has 2 amide bonds. The predicted octanol–water partition coefficient (Wildman–Crippen LogP) is 3.24. The van der Waals surface area contributed by atoms with E-state index in [-0.39, 0.29) is 17.9 Å². The fourth-order valence-electron chi connectivity index (χ4n) is 4.73. The lowest BCUT2D eigenvalue weighted by Crippen LogP contribution is -2.57. The van der Waals surface area contributed by atoms with Crippen molar-refractivity contribution in [3.05, 3.63) is 41.7 Å². The Kier molecular flexibility index (Phi) is 4.28. The van der Waals surface area contributed by atoms with Gasteiger partial charge in [0.1, 0.15) is 0 Å². The first-order chi connectivity index (χ1) is 13.2. The Morgan fingerprint density at radius 3 is 2.82 bits per heavy atom. The first kappa shape index (κ1) is 18.7. The van der Waals surface area contributed by atoms with Crippen molar-refractivity contribution in [3.63, 3.8) is 0 Å². The molecule has 2 aromatic heterocycles. The van der Waals surface area contributed by atoms with Gasteiger partial charge in [-0.25, -0.2) is 14.7 Å². The normalized spacial score (nSPS) is 22.0. The molecule has 7 nitrogen and oxygen atoms in total. The number of nitrogens with zero attached hydrogens (tertiary/aromatic N) is 4. The highest BCUT2D eigenvalue weighted by Crippen LogP contribution is 2.49. The third-order valence-corrected chi connectivity index (χ3v) is 6.51. The zero-order chi connectivity index (χ0) is 20.1. The summed E-state index contributed by atoms with van der Waals surface area (Å²) in [6.45, 7) is 6.35. The molecule has 0 aromatic carbocycles. The van der Waals surface area contributed by atoms with Gasteiger partial charge in [0.15, 0.2) is 0 Å². The number of hydrogen-bond acceptors (Lipinski definition) is 4. The summed E-state index contributed by atoms with van der Waals surface area (Å²) < 4.78 is 2.07. The zero-order valence-corrected chi connectivity index (χ0v) is 16.6. The maximum Gasteiger partial charge on any atom is 0.414 e. The molecule has 2 aromatic rings. The van der Waals surface area contributed by atoms with Gasteiger partial charge in [-0.3, -0.25) is 9.78 Å². The minimum Gasteiger partial charge on any atom is -0.465 e. The number of carboxylic acid groups (broad SMARTS) is 1. The van der Waals surface area contributed by atoms with E-state index in [1.54, 1.807) is 6.20 Å².